The highest BCUT2D eigenvalue weighted by Gasteiger charge is 2.31. The monoisotopic (exact) mass is 600 g/mol. The number of nitrogens with zero attached hydrogens (tertiary/aromatic N) is 4. The minimum Gasteiger partial charge on any atom is -0.309 e. The lowest BCUT2D eigenvalue weighted by Crippen LogP contribution is -2.11. The number of benzene rings is 6. The molecule has 1 aliphatic heterocycles. The molecule has 3 aromatic heterocycles. The van der Waals surface area contributed by atoms with E-state index in [0.717, 1.165) is 45.1 Å². The lowest BCUT2D eigenvalue weighted by molar-refractivity contribution is 1.04. The van der Waals surface area contributed by atoms with Crippen molar-refractivity contribution in [2.24, 2.45) is 0 Å². The van der Waals surface area contributed by atoms with Crippen molar-refractivity contribution in [3.63, 3.8) is 0 Å². The average Bonchev–Trinajstić information content (AvgIpc) is 3.62. The molecule has 10 rings (SSSR count). The van der Waals surface area contributed by atoms with E-state index < -0.39 is 0 Å². The van der Waals surface area contributed by atoms with Gasteiger partial charge in [-0.05, 0) is 54.6 Å². The number of rotatable bonds is 3. The molecule has 0 amide bonds. The molecular formula is C43H28N4. The molecule has 0 radical (unpaired) electrons. The van der Waals surface area contributed by atoms with Crippen LogP contribution in [0.25, 0.3) is 66.6 Å². The highest BCUT2D eigenvalue weighted by atomic mass is 15.2. The van der Waals surface area contributed by atoms with E-state index in [1.54, 1.807) is 0 Å². The average molecular weight is 601 g/mol. The first-order valence-corrected chi connectivity index (χ1v) is 16.0. The summed E-state index contributed by atoms with van der Waals surface area (Å²) in [6, 6.07) is 58.5. The number of hydrogen-bond donors (Lipinski definition) is 0. The molecule has 0 unspecified atom stereocenters. The molecule has 0 atom stereocenters. The lowest BCUT2D eigenvalue weighted by Gasteiger charge is -2.27. The molecule has 0 saturated carbocycles. The van der Waals surface area contributed by atoms with Crippen molar-refractivity contribution < 1.29 is 0 Å². The van der Waals surface area contributed by atoms with Gasteiger partial charge in [0, 0.05) is 38.5 Å². The van der Waals surface area contributed by atoms with Crippen molar-refractivity contribution in [2.45, 2.75) is 0 Å². The number of para-hydroxylation sites is 6. The highest BCUT2D eigenvalue weighted by molar-refractivity contribution is 6.13. The summed E-state index contributed by atoms with van der Waals surface area (Å²) in [5.74, 6) is 0.898. The molecule has 0 saturated heterocycles. The van der Waals surface area contributed by atoms with Crippen LogP contribution >= 0.6 is 0 Å². The van der Waals surface area contributed by atoms with Crippen LogP contribution in [0.15, 0.2) is 170 Å². The zero-order valence-corrected chi connectivity index (χ0v) is 25.5. The summed E-state index contributed by atoms with van der Waals surface area (Å²) in [7, 11) is 0. The first kappa shape index (κ1) is 25.9. The van der Waals surface area contributed by atoms with Crippen molar-refractivity contribution in [3.8, 4) is 33.9 Å². The summed E-state index contributed by atoms with van der Waals surface area (Å²) in [4.78, 5) is 7.55. The number of fused-ring (bicyclic) bond motifs is 10. The molecule has 0 fully saturated rings. The molecule has 4 heteroatoms. The van der Waals surface area contributed by atoms with Gasteiger partial charge >= 0.3 is 0 Å². The van der Waals surface area contributed by atoms with Crippen molar-refractivity contribution in [1.29, 1.82) is 0 Å². The van der Waals surface area contributed by atoms with Gasteiger partial charge < -0.3 is 9.47 Å². The fourth-order valence-corrected chi connectivity index (χ4v) is 7.58. The van der Waals surface area contributed by atoms with Crippen molar-refractivity contribution >= 4 is 49.8 Å². The Balaban J connectivity index is 1.25. The minimum absolute atomic E-state index is 0.898. The van der Waals surface area contributed by atoms with Crippen LogP contribution in [0.4, 0.5) is 17.1 Å². The molecule has 9 aromatic rings. The Morgan fingerprint density at radius 2 is 0.915 bits per heavy atom. The third kappa shape index (κ3) is 3.73. The van der Waals surface area contributed by atoms with Crippen molar-refractivity contribution in [1.82, 2.24) is 14.1 Å². The quantitative estimate of drug-likeness (QED) is 0.202. The molecule has 47 heavy (non-hydrogen) atoms. The second-order valence-electron chi connectivity index (χ2n) is 12.0. The van der Waals surface area contributed by atoms with Gasteiger partial charge in [0.1, 0.15) is 5.82 Å². The molecule has 4 heterocycles. The van der Waals surface area contributed by atoms with Gasteiger partial charge in [0.15, 0.2) is 0 Å². The fourth-order valence-electron chi connectivity index (χ4n) is 7.58. The van der Waals surface area contributed by atoms with Crippen molar-refractivity contribution in [2.75, 3.05) is 4.90 Å². The van der Waals surface area contributed by atoms with Gasteiger partial charge in [0.05, 0.1) is 45.5 Å². The van der Waals surface area contributed by atoms with Gasteiger partial charge in [-0.2, -0.15) is 0 Å². The van der Waals surface area contributed by atoms with E-state index in [9.17, 15) is 0 Å². The number of aromatic nitrogens is 3. The van der Waals surface area contributed by atoms with Crippen LogP contribution in [0, 0.1) is 0 Å². The Kier molecular flexibility index (Phi) is 5.54. The summed E-state index contributed by atoms with van der Waals surface area (Å²) >= 11 is 0. The maximum Gasteiger partial charge on any atom is 0.137 e. The van der Waals surface area contributed by atoms with Crippen LogP contribution in [0.3, 0.4) is 0 Å². The minimum atomic E-state index is 0.898. The predicted octanol–water partition coefficient (Wildman–Crippen LogP) is 11.2. The van der Waals surface area contributed by atoms with Crippen LogP contribution in [0.5, 0.6) is 0 Å². The van der Waals surface area contributed by atoms with Gasteiger partial charge in [-0.1, -0.05) is 109 Å². The summed E-state index contributed by atoms with van der Waals surface area (Å²) in [6.07, 6.45) is 2.03. The molecule has 6 aromatic carbocycles. The van der Waals surface area contributed by atoms with E-state index in [4.69, 9.17) is 4.98 Å². The fraction of sp³-hybridized carbons (Fsp3) is 0. The standard InChI is InChI=1S/C43H28N4/c1-2-14-29(15-3-1)45-38-23-11-6-18-33(38)42-34-19-7-12-24-39(34)46(43(42)35-20-8-13-25-40(35)45)30-26-27-41(44-28-30)47-36-21-9-4-16-31(36)32-17-5-10-22-37(32)47/h1-28H. The van der Waals surface area contributed by atoms with E-state index >= 15 is 0 Å². The lowest BCUT2D eigenvalue weighted by atomic mass is 9.98. The Labute approximate surface area is 272 Å². The van der Waals surface area contributed by atoms with Crippen LogP contribution in [0.1, 0.15) is 0 Å². The normalized spacial score (nSPS) is 12.2. The number of hydrogen-bond acceptors (Lipinski definition) is 2. The van der Waals surface area contributed by atoms with Gasteiger partial charge in [0.2, 0.25) is 0 Å². The third-order valence-electron chi connectivity index (χ3n) is 9.50. The van der Waals surface area contributed by atoms with Crippen molar-refractivity contribution in [3.05, 3.63) is 170 Å². The first-order chi connectivity index (χ1) is 23.4. The molecule has 1 aliphatic rings. The van der Waals surface area contributed by atoms with E-state index in [-0.39, 0.29) is 0 Å². The maximum absolute atomic E-state index is 5.15. The summed E-state index contributed by atoms with van der Waals surface area (Å²) < 4.78 is 4.67. The zero-order valence-electron chi connectivity index (χ0n) is 25.5. The zero-order chi connectivity index (χ0) is 30.9. The molecule has 0 N–H and O–H groups in total. The summed E-state index contributed by atoms with van der Waals surface area (Å²) in [5, 5.41) is 3.68. The molecule has 4 nitrogen and oxygen atoms in total. The van der Waals surface area contributed by atoms with Crippen LogP contribution in [0.2, 0.25) is 0 Å². The first-order valence-electron chi connectivity index (χ1n) is 16.0. The van der Waals surface area contributed by atoms with Crippen LogP contribution < -0.4 is 4.90 Å². The van der Waals surface area contributed by atoms with Gasteiger partial charge in [-0.25, -0.2) is 4.98 Å². The molecule has 220 valence electrons. The molecule has 0 aliphatic carbocycles. The maximum atomic E-state index is 5.15. The van der Waals surface area contributed by atoms with Gasteiger partial charge in [-0.3, -0.25) is 4.57 Å². The summed E-state index contributed by atoms with van der Waals surface area (Å²) in [6.45, 7) is 0. The Morgan fingerprint density at radius 1 is 0.383 bits per heavy atom. The number of pyridine rings is 1. The predicted molar refractivity (Wildman–Crippen MR) is 195 cm³/mol. The van der Waals surface area contributed by atoms with E-state index in [1.807, 2.05) is 6.20 Å². The number of anilines is 3. The van der Waals surface area contributed by atoms with E-state index in [2.05, 4.69) is 178 Å². The topological polar surface area (TPSA) is 26.0 Å². The van der Waals surface area contributed by atoms with E-state index in [1.165, 1.54) is 38.5 Å². The second-order valence-corrected chi connectivity index (χ2v) is 12.0. The largest absolute Gasteiger partial charge is 0.309 e. The molecular weight excluding hydrogens is 573 g/mol. The Morgan fingerprint density at radius 3 is 1.57 bits per heavy atom. The Hall–Kier alpha value is -6.39. The van der Waals surface area contributed by atoms with Crippen LogP contribution in [-0.4, -0.2) is 14.1 Å². The molecule has 0 bridgehead atoms. The van der Waals surface area contributed by atoms with Gasteiger partial charge in [-0.15, -0.1) is 0 Å². The van der Waals surface area contributed by atoms with E-state index in [0.29, 0.717) is 0 Å². The Bertz CT molecular complexity index is 2570. The van der Waals surface area contributed by atoms with Crippen LogP contribution in [-0.2, 0) is 0 Å². The second kappa shape index (κ2) is 10.1. The van der Waals surface area contributed by atoms with Gasteiger partial charge in [0.25, 0.3) is 0 Å². The molecule has 0 spiro atoms. The summed E-state index contributed by atoms with van der Waals surface area (Å²) in [5.41, 5.74) is 12.7. The highest BCUT2D eigenvalue weighted by Crippen LogP contribution is 2.54. The smallest absolute Gasteiger partial charge is 0.137 e. The third-order valence-corrected chi connectivity index (χ3v) is 9.50. The SMILES string of the molecule is c1ccc(N2c3ccccc3-c3c(n(-c4ccc(-n5c6ccccc6c6ccccc65)nc4)c4ccccc34)-c3ccccc32)cc1.